The van der Waals surface area contributed by atoms with E-state index in [9.17, 15) is 0 Å². The van der Waals surface area contributed by atoms with E-state index in [-0.39, 0.29) is 0 Å². The summed E-state index contributed by atoms with van der Waals surface area (Å²) in [6.45, 7) is 3.55. The van der Waals surface area contributed by atoms with Crippen LogP contribution < -0.4 is 4.90 Å². The largest absolute Gasteiger partial charge is 0.355 e. The van der Waals surface area contributed by atoms with Gasteiger partial charge in [0.2, 0.25) is 11.7 Å². The highest BCUT2D eigenvalue weighted by Gasteiger charge is 2.14. The first-order valence-corrected chi connectivity index (χ1v) is 10.3. The zero-order valence-electron chi connectivity index (χ0n) is 15.4. The fourth-order valence-electron chi connectivity index (χ4n) is 3.12. The van der Waals surface area contributed by atoms with E-state index in [0.29, 0.717) is 18.3 Å². The molecule has 1 fully saturated rings. The van der Waals surface area contributed by atoms with Crippen molar-refractivity contribution in [3.05, 3.63) is 60.1 Å². The third-order valence-corrected chi connectivity index (χ3v) is 5.45. The maximum absolute atomic E-state index is 5.43. The van der Waals surface area contributed by atoms with Gasteiger partial charge in [-0.3, -0.25) is 4.90 Å². The van der Waals surface area contributed by atoms with Crippen LogP contribution in [0.4, 0.5) is 5.82 Å². The molecule has 6 nitrogen and oxygen atoms in total. The SMILES string of the molecule is CN(Cc1ccccc1)Cc1nc(-c2ccc(N3CCSCC3)nc2)no1. The van der Waals surface area contributed by atoms with Gasteiger partial charge in [0, 0.05) is 42.9 Å². The average Bonchev–Trinajstić information content (AvgIpc) is 3.18. The first-order valence-electron chi connectivity index (χ1n) is 9.12. The van der Waals surface area contributed by atoms with E-state index >= 15 is 0 Å². The molecular formula is C20H23N5OS. The second kappa shape index (κ2) is 8.54. The summed E-state index contributed by atoms with van der Waals surface area (Å²) >= 11 is 2.00. The molecule has 27 heavy (non-hydrogen) atoms. The zero-order chi connectivity index (χ0) is 18.5. The molecule has 140 valence electrons. The van der Waals surface area contributed by atoms with Gasteiger partial charge >= 0.3 is 0 Å². The summed E-state index contributed by atoms with van der Waals surface area (Å²) in [4.78, 5) is 13.6. The van der Waals surface area contributed by atoms with E-state index in [2.05, 4.69) is 37.1 Å². The fourth-order valence-corrected chi connectivity index (χ4v) is 4.02. The highest BCUT2D eigenvalue weighted by atomic mass is 32.2. The minimum absolute atomic E-state index is 0.589. The molecule has 4 rings (SSSR count). The lowest BCUT2D eigenvalue weighted by Crippen LogP contribution is -2.32. The maximum atomic E-state index is 5.43. The molecule has 0 atom stereocenters. The second-order valence-electron chi connectivity index (χ2n) is 6.67. The van der Waals surface area contributed by atoms with Gasteiger partial charge < -0.3 is 9.42 Å². The Labute approximate surface area is 163 Å². The quantitative estimate of drug-likeness (QED) is 0.649. The van der Waals surface area contributed by atoms with Gasteiger partial charge in [-0.25, -0.2) is 4.98 Å². The van der Waals surface area contributed by atoms with Gasteiger partial charge in [0.15, 0.2) is 0 Å². The first kappa shape index (κ1) is 18.0. The van der Waals surface area contributed by atoms with Crippen molar-refractivity contribution in [1.82, 2.24) is 20.0 Å². The number of hydrogen-bond acceptors (Lipinski definition) is 7. The molecule has 0 N–H and O–H groups in total. The van der Waals surface area contributed by atoms with Crippen molar-refractivity contribution in [2.45, 2.75) is 13.1 Å². The van der Waals surface area contributed by atoms with E-state index < -0.39 is 0 Å². The summed E-state index contributed by atoms with van der Waals surface area (Å²) < 4.78 is 5.43. The Hall–Kier alpha value is -2.38. The Morgan fingerprint density at radius 2 is 1.89 bits per heavy atom. The van der Waals surface area contributed by atoms with Gasteiger partial charge in [-0.2, -0.15) is 16.7 Å². The fraction of sp³-hybridized carbons (Fsp3) is 0.350. The molecule has 1 aliphatic rings. The Morgan fingerprint density at radius 3 is 2.63 bits per heavy atom. The van der Waals surface area contributed by atoms with E-state index in [4.69, 9.17) is 4.52 Å². The normalized spacial score (nSPS) is 14.7. The van der Waals surface area contributed by atoms with E-state index in [1.807, 2.05) is 55.3 Å². The lowest BCUT2D eigenvalue weighted by atomic mass is 10.2. The molecule has 0 aliphatic carbocycles. The lowest BCUT2D eigenvalue weighted by molar-refractivity contribution is 0.261. The number of hydrogen-bond donors (Lipinski definition) is 0. The Balaban J connectivity index is 1.38. The van der Waals surface area contributed by atoms with Crippen LogP contribution in [0.1, 0.15) is 11.5 Å². The Kier molecular flexibility index (Phi) is 5.69. The van der Waals surface area contributed by atoms with Crippen molar-refractivity contribution < 1.29 is 4.52 Å². The van der Waals surface area contributed by atoms with Crippen molar-refractivity contribution in [3.63, 3.8) is 0 Å². The van der Waals surface area contributed by atoms with Crippen LogP contribution in [0.2, 0.25) is 0 Å². The highest BCUT2D eigenvalue weighted by Crippen LogP contribution is 2.21. The molecule has 0 radical (unpaired) electrons. The minimum Gasteiger partial charge on any atom is -0.355 e. The molecule has 0 spiro atoms. The third kappa shape index (κ3) is 4.67. The molecule has 0 saturated carbocycles. The minimum atomic E-state index is 0.589. The van der Waals surface area contributed by atoms with Crippen LogP contribution in [-0.4, -0.2) is 51.7 Å². The standard InChI is InChI=1S/C20H23N5OS/c1-24(14-16-5-3-2-4-6-16)15-19-22-20(23-26-19)17-7-8-18(21-13-17)25-9-11-27-12-10-25/h2-8,13H,9-12,14-15H2,1H3. The van der Waals surface area contributed by atoms with Crippen molar-refractivity contribution >= 4 is 17.6 Å². The summed E-state index contributed by atoms with van der Waals surface area (Å²) in [5.41, 5.74) is 2.14. The Bertz CT molecular complexity index is 846. The molecular weight excluding hydrogens is 358 g/mol. The summed E-state index contributed by atoms with van der Waals surface area (Å²) in [5, 5.41) is 4.12. The number of pyridine rings is 1. The van der Waals surface area contributed by atoms with Crippen LogP contribution in [0.5, 0.6) is 0 Å². The zero-order valence-corrected chi connectivity index (χ0v) is 16.2. The molecule has 0 bridgehead atoms. The van der Waals surface area contributed by atoms with Gasteiger partial charge in [0.1, 0.15) is 5.82 Å². The molecule has 2 aromatic heterocycles. The topological polar surface area (TPSA) is 58.3 Å². The summed E-state index contributed by atoms with van der Waals surface area (Å²) in [7, 11) is 2.05. The highest BCUT2D eigenvalue weighted by molar-refractivity contribution is 7.99. The van der Waals surface area contributed by atoms with Gasteiger partial charge in [-0.15, -0.1) is 0 Å². The van der Waals surface area contributed by atoms with Crippen LogP contribution >= 0.6 is 11.8 Å². The van der Waals surface area contributed by atoms with Crippen LogP contribution in [0.25, 0.3) is 11.4 Å². The molecule has 7 heteroatoms. The van der Waals surface area contributed by atoms with Gasteiger partial charge in [-0.1, -0.05) is 35.5 Å². The number of benzene rings is 1. The summed E-state index contributed by atoms with van der Waals surface area (Å²) in [6, 6.07) is 14.4. The molecule has 3 aromatic rings. The van der Waals surface area contributed by atoms with Crippen LogP contribution in [-0.2, 0) is 13.1 Å². The van der Waals surface area contributed by atoms with E-state index in [1.54, 1.807) is 0 Å². The number of aromatic nitrogens is 3. The second-order valence-corrected chi connectivity index (χ2v) is 7.90. The Morgan fingerprint density at radius 1 is 1.07 bits per heavy atom. The first-order chi connectivity index (χ1) is 13.3. The summed E-state index contributed by atoms with van der Waals surface area (Å²) in [6.07, 6.45) is 1.83. The van der Waals surface area contributed by atoms with Crippen LogP contribution in [0, 0.1) is 0 Å². The van der Waals surface area contributed by atoms with Gasteiger partial charge in [0.25, 0.3) is 0 Å². The van der Waals surface area contributed by atoms with E-state index in [1.165, 1.54) is 5.56 Å². The molecule has 1 saturated heterocycles. The molecule has 1 aromatic carbocycles. The van der Waals surface area contributed by atoms with Crippen molar-refractivity contribution in [3.8, 4) is 11.4 Å². The lowest BCUT2D eigenvalue weighted by Gasteiger charge is -2.27. The van der Waals surface area contributed by atoms with Gasteiger partial charge in [-0.05, 0) is 24.7 Å². The van der Waals surface area contributed by atoms with Crippen molar-refractivity contribution in [2.24, 2.45) is 0 Å². The smallest absolute Gasteiger partial charge is 0.241 e. The predicted molar refractivity (Wildman–Crippen MR) is 109 cm³/mol. The number of nitrogens with zero attached hydrogens (tertiary/aromatic N) is 5. The van der Waals surface area contributed by atoms with Gasteiger partial charge in [0.05, 0.1) is 6.54 Å². The van der Waals surface area contributed by atoms with Crippen molar-refractivity contribution in [2.75, 3.05) is 36.5 Å². The molecule has 3 heterocycles. The molecule has 0 amide bonds. The van der Waals surface area contributed by atoms with Crippen molar-refractivity contribution in [1.29, 1.82) is 0 Å². The van der Waals surface area contributed by atoms with E-state index in [0.717, 1.165) is 42.5 Å². The van der Waals surface area contributed by atoms with Crippen LogP contribution in [0.3, 0.4) is 0 Å². The third-order valence-electron chi connectivity index (χ3n) is 4.51. The van der Waals surface area contributed by atoms with Crippen LogP contribution in [0.15, 0.2) is 53.2 Å². The predicted octanol–water partition coefficient (Wildman–Crippen LogP) is 3.32. The molecule has 1 aliphatic heterocycles. The number of thioether (sulfide) groups is 1. The monoisotopic (exact) mass is 381 g/mol. The summed E-state index contributed by atoms with van der Waals surface area (Å²) in [5.74, 6) is 4.54. The number of anilines is 1. The maximum Gasteiger partial charge on any atom is 0.241 e. The number of rotatable bonds is 6. The molecule has 0 unspecified atom stereocenters. The average molecular weight is 382 g/mol.